The number of rotatable bonds is 7. The van der Waals surface area contributed by atoms with Crippen LogP contribution >= 0.6 is 0 Å². The molecule has 0 bridgehead atoms. The Kier molecular flexibility index (Phi) is 6.47. The predicted octanol–water partition coefficient (Wildman–Crippen LogP) is 2.22. The Hall–Kier alpha value is -3.43. The Morgan fingerprint density at radius 1 is 0.963 bits per heavy atom. The van der Waals surface area contributed by atoms with Crippen LogP contribution in [-0.2, 0) is 0 Å². The summed E-state index contributed by atoms with van der Waals surface area (Å²) in [7, 11) is 9.57. The summed E-state index contributed by atoms with van der Waals surface area (Å²) in [6.07, 6.45) is 1.47. The molecule has 1 heterocycles. The first-order chi connectivity index (χ1) is 12.9. The fraction of sp³-hybridized carbons (Fsp3) is 0.353. The van der Waals surface area contributed by atoms with Crippen molar-refractivity contribution in [2.75, 3.05) is 58.1 Å². The van der Waals surface area contributed by atoms with Gasteiger partial charge in [0.2, 0.25) is 5.75 Å². The van der Waals surface area contributed by atoms with Crippen molar-refractivity contribution in [1.82, 2.24) is 9.97 Å². The van der Waals surface area contributed by atoms with Crippen LogP contribution < -0.4 is 34.5 Å². The number of urea groups is 1. The van der Waals surface area contributed by atoms with Gasteiger partial charge in [0.25, 0.3) is 0 Å². The second kappa shape index (κ2) is 8.79. The monoisotopic (exact) mass is 377 g/mol. The maximum atomic E-state index is 12.4. The topological polar surface area (TPSA) is 107 Å². The van der Waals surface area contributed by atoms with E-state index in [-0.39, 0.29) is 6.01 Å². The number of nitrogens with zero attached hydrogens (tertiary/aromatic N) is 3. The van der Waals surface area contributed by atoms with Crippen molar-refractivity contribution < 1.29 is 23.7 Å². The highest BCUT2D eigenvalue weighted by atomic mass is 16.5. The normalized spacial score (nSPS) is 10.0. The molecule has 0 aliphatic heterocycles. The van der Waals surface area contributed by atoms with E-state index >= 15 is 0 Å². The van der Waals surface area contributed by atoms with Gasteiger partial charge >= 0.3 is 12.0 Å². The average molecular weight is 377 g/mol. The van der Waals surface area contributed by atoms with E-state index in [1.807, 2.05) is 0 Å². The van der Waals surface area contributed by atoms with Crippen LogP contribution in [0.25, 0.3) is 0 Å². The van der Waals surface area contributed by atoms with Crippen LogP contribution in [0.15, 0.2) is 18.3 Å². The lowest BCUT2D eigenvalue weighted by molar-refractivity contribution is 0.262. The van der Waals surface area contributed by atoms with E-state index in [9.17, 15) is 4.79 Å². The minimum atomic E-state index is -0.485. The van der Waals surface area contributed by atoms with Gasteiger partial charge in [-0.05, 0) is 0 Å². The molecular weight excluding hydrogens is 354 g/mol. The number of carbonyl (C=O) groups is 1. The molecule has 1 aromatic carbocycles. The molecule has 1 aromatic heterocycles. The van der Waals surface area contributed by atoms with Crippen molar-refractivity contribution in [3.8, 4) is 23.3 Å². The van der Waals surface area contributed by atoms with Crippen molar-refractivity contribution in [3.63, 3.8) is 0 Å². The molecule has 2 aromatic rings. The molecule has 0 unspecified atom stereocenters. The average Bonchev–Trinajstić information content (AvgIpc) is 2.67. The van der Waals surface area contributed by atoms with E-state index in [4.69, 9.17) is 18.9 Å². The Morgan fingerprint density at radius 3 is 2.07 bits per heavy atom. The summed E-state index contributed by atoms with van der Waals surface area (Å²) in [6.45, 7) is 0. The number of amides is 2. The van der Waals surface area contributed by atoms with Gasteiger partial charge in [0.05, 0.1) is 40.3 Å². The van der Waals surface area contributed by atoms with Gasteiger partial charge in [0.15, 0.2) is 17.3 Å². The van der Waals surface area contributed by atoms with Crippen molar-refractivity contribution in [2.24, 2.45) is 0 Å². The number of anilines is 3. The first-order valence-corrected chi connectivity index (χ1v) is 7.89. The minimum Gasteiger partial charge on any atom is -0.493 e. The molecule has 0 fully saturated rings. The summed E-state index contributed by atoms with van der Waals surface area (Å²) in [6, 6.07) is 2.96. The lowest BCUT2D eigenvalue weighted by Crippen LogP contribution is -2.22. The summed E-state index contributed by atoms with van der Waals surface area (Å²) < 4.78 is 20.8. The molecule has 0 radical (unpaired) electrons. The largest absolute Gasteiger partial charge is 0.493 e. The van der Waals surface area contributed by atoms with Gasteiger partial charge in [-0.15, -0.1) is 0 Å². The van der Waals surface area contributed by atoms with Gasteiger partial charge in [0.1, 0.15) is 5.69 Å². The Morgan fingerprint density at radius 2 is 1.59 bits per heavy atom. The number of hydrogen-bond donors (Lipinski definition) is 2. The van der Waals surface area contributed by atoms with E-state index in [0.29, 0.717) is 34.4 Å². The number of aromatic nitrogens is 2. The summed E-state index contributed by atoms with van der Waals surface area (Å²) in [5.74, 6) is 1.79. The fourth-order valence-corrected chi connectivity index (χ4v) is 2.32. The van der Waals surface area contributed by atoms with E-state index in [0.717, 1.165) is 0 Å². The van der Waals surface area contributed by atoms with Crippen LogP contribution in [0.4, 0.5) is 22.0 Å². The van der Waals surface area contributed by atoms with Crippen LogP contribution in [-0.4, -0.2) is 58.5 Å². The molecule has 10 heteroatoms. The fourth-order valence-electron chi connectivity index (χ4n) is 2.32. The highest BCUT2D eigenvalue weighted by Crippen LogP contribution is 2.40. The second-order valence-electron chi connectivity index (χ2n) is 5.48. The third kappa shape index (κ3) is 4.60. The highest BCUT2D eigenvalue weighted by molar-refractivity contribution is 6.01. The molecule has 0 aliphatic rings. The third-order valence-corrected chi connectivity index (χ3v) is 3.52. The van der Waals surface area contributed by atoms with Crippen molar-refractivity contribution in [2.45, 2.75) is 0 Å². The second-order valence-corrected chi connectivity index (χ2v) is 5.48. The Labute approximate surface area is 157 Å². The standard InChI is InChI=1S/C17H23N5O5/c1-22(2)15-11(9-18-17(21-15)27-6)20-16(23)19-10-7-12(24-3)14(26-5)13(8-10)25-4/h7-9H,1-6H3,(H2,19,20,23). The molecular formula is C17H23N5O5. The van der Waals surface area contributed by atoms with Crippen LogP contribution in [0.2, 0.25) is 0 Å². The van der Waals surface area contributed by atoms with Gasteiger partial charge in [-0.2, -0.15) is 4.98 Å². The molecule has 0 spiro atoms. The minimum absolute atomic E-state index is 0.203. The van der Waals surface area contributed by atoms with Crippen LogP contribution in [0.1, 0.15) is 0 Å². The maximum Gasteiger partial charge on any atom is 0.323 e. The van der Waals surface area contributed by atoms with E-state index < -0.39 is 6.03 Å². The zero-order chi connectivity index (χ0) is 20.0. The van der Waals surface area contributed by atoms with Crippen molar-refractivity contribution >= 4 is 23.2 Å². The quantitative estimate of drug-likeness (QED) is 0.756. The van der Waals surface area contributed by atoms with Gasteiger partial charge in [0, 0.05) is 26.2 Å². The van der Waals surface area contributed by atoms with E-state index in [2.05, 4.69) is 20.6 Å². The highest BCUT2D eigenvalue weighted by Gasteiger charge is 2.16. The van der Waals surface area contributed by atoms with Gasteiger partial charge in [-0.25, -0.2) is 9.78 Å². The molecule has 2 N–H and O–H groups in total. The van der Waals surface area contributed by atoms with Crippen LogP contribution in [0, 0.1) is 0 Å². The molecule has 27 heavy (non-hydrogen) atoms. The zero-order valence-corrected chi connectivity index (χ0v) is 16.1. The van der Waals surface area contributed by atoms with Gasteiger partial charge in [-0.3, -0.25) is 0 Å². The van der Waals surface area contributed by atoms with Crippen LogP contribution in [0.3, 0.4) is 0 Å². The summed E-state index contributed by atoms with van der Waals surface area (Å²) >= 11 is 0. The number of methoxy groups -OCH3 is 4. The SMILES string of the molecule is COc1ncc(NC(=O)Nc2cc(OC)c(OC)c(OC)c2)c(N(C)C)n1. The molecule has 146 valence electrons. The summed E-state index contributed by atoms with van der Waals surface area (Å²) in [5.41, 5.74) is 0.883. The third-order valence-electron chi connectivity index (χ3n) is 3.52. The van der Waals surface area contributed by atoms with Gasteiger partial charge < -0.3 is 34.5 Å². The zero-order valence-electron chi connectivity index (χ0n) is 16.1. The smallest absolute Gasteiger partial charge is 0.323 e. The molecule has 0 saturated heterocycles. The molecule has 2 amide bonds. The summed E-state index contributed by atoms with van der Waals surface area (Å²) in [5, 5.41) is 5.43. The van der Waals surface area contributed by atoms with E-state index in [1.165, 1.54) is 34.6 Å². The number of nitrogens with one attached hydrogen (secondary N) is 2. The van der Waals surface area contributed by atoms with Crippen LogP contribution in [0.5, 0.6) is 23.3 Å². The first kappa shape index (κ1) is 19.9. The molecule has 10 nitrogen and oxygen atoms in total. The number of hydrogen-bond acceptors (Lipinski definition) is 8. The Bertz CT molecular complexity index is 787. The number of benzene rings is 1. The maximum absolute atomic E-state index is 12.4. The predicted molar refractivity (Wildman–Crippen MR) is 102 cm³/mol. The van der Waals surface area contributed by atoms with Crippen molar-refractivity contribution in [3.05, 3.63) is 18.3 Å². The Balaban J connectivity index is 2.24. The first-order valence-electron chi connectivity index (χ1n) is 7.89. The van der Waals surface area contributed by atoms with Gasteiger partial charge in [-0.1, -0.05) is 0 Å². The summed E-state index contributed by atoms with van der Waals surface area (Å²) in [4.78, 5) is 22.4. The lowest BCUT2D eigenvalue weighted by Gasteiger charge is -2.18. The number of ether oxygens (including phenoxy) is 4. The molecule has 0 atom stereocenters. The number of carbonyl (C=O) groups excluding carboxylic acids is 1. The van der Waals surface area contributed by atoms with E-state index in [1.54, 1.807) is 31.1 Å². The molecule has 0 aliphatic carbocycles. The molecule has 0 saturated carbocycles. The molecule has 2 rings (SSSR count). The lowest BCUT2D eigenvalue weighted by atomic mass is 10.2. The van der Waals surface area contributed by atoms with Crippen molar-refractivity contribution in [1.29, 1.82) is 0 Å².